The smallest absolute Gasteiger partial charge is 0.251 e. The zero-order valence-corrected chi connectivity index (χ0v) is 13.3. The second-order valence-corrected chi connectivity index (χ2v) is 5.50. The van der Waals surface area contributed by atoms with E-state index in [9.17, 15) is 4.79 Å². The van der Waals surface area contributed by atoms with Gasteiger partial charge in [-0.2, -0.15) is 0 Å². The maximum Gasteiger partial charge on any atom is 0.251 e. The number of halogens is 1. The molecule has 0 aliphatic rings. The molecule has 0 fully saturated rings. The number of rotatable bonds is 4. The van der Waals surface area contributed by atoms with Gasteiger partial charge in [0.25, 0.3) is 5.91 Å². The molecule has 0 saturated heterocycles. The molecular formula is C17H18BrNO. The molecule has 1 amide bonds. The Morgan fingerprint density at radius 1 is 1.10 bits per heavy atom. The molecule has 0 heterocycles. The minimum absolute atomic E-state index is 0.0360. The summed E-state index contributed by atoms with van der Waals surface area (Å²) in [4.78, 5) is 12.1. The first kappa shape index (κ1) is 14.8. The SMILES string of the molecule is Cc1ccc(CNC(=O)c2ccc(CBr)cc2)c(C)c1. The van der Waals surface area contributed by atoms with Gasteiger partial charge in [0, 0.05) is 17.4 Å². The third-order valence-electron chi connectivity index (χ3n) is 3.31. The molecule has 1 N–H and O–H groups in total. The lowest BCUT2D eigenvalue weighted by atomic mass is 10.1. The van der Waals surface area contributed by atoms with Crippen molar-refractivity contribution in [3.8, 4) is 0 Å². The van der Waals surface area contributed by atoms with Gasteiger partial charge in [0.05, 0.1) is 0 Å². The quantitative estimate of drug-likeness (QED) is 0.838. The van der Waals surface area contributed by atoms with Crippen LogP contribution in [0.3, 0.4) is 0 Å². The highest BCUT2D eigenvalue weighted by Gasteiger charge is 2.06. The Hall–Kier alpha value is -1.61. The molecule has 2 aromatic carbocycles. The standard InChI is InChI=1S/C17H18BrNO/c1-12-3-6-16(13(2)9-12)11-19-17(20)15-7-4-14(10-18)5-8-15/h3-9H,10-11H2,1-2H3,(H,19,20). The van der Waals surface area contributed by atoms with Crippen LogP contribution in [0, 0.1) is 13.8 Å². The average molecular weight is 332 g/mol. The van der Waals surface area contributed by atoms with Crippen LogP contribution in [0.4, 0.5) is 0 Å². The van der Waals surface area contributed by atoms with Crippen LogP contribution < -0.4 is 5.32 Å². The number of aryl methyl sites for hydroxylation is 2. The lowest BCUT2D eigenvalue weighted by molar-refractivity contribution is 0.0951. The van der Waals surface area contributed by atoms with Crippen molar-refractivity contribution in [2.75, 3.05) is 0 Å². The lowest BCUT2D eigenvalue weighted by Gasteiger charge is -2.09. The van der Waals surface area contributed by atoms with E-state index in [4.69, 9.17) is 0 Å². The summed E-state index contributed by atoms with van der Waals surface area (Å²) < 4.78 is 0. The first-order valence-corrected chi connectivity index (χ1v) is 7.71. The highest BCUT2D eigenvalue weighted by atomic mass is 79.9. The van der Waals surface area contributed by atoms with E-state index < -0.39 is 0 Å². The molecule has 0 aliphatic carbocycles. The average Bonchev–Trinajstić information content (AvgIpc) is 2.46. The second kappa shape index (κ2) is 6.71. The van der Waals surface area contributed by atoms with Crippen LogP contribution in [-0.4, -0.2) is 5.91 Å². The van der Waals surface area contributed by atoms with Crippen molar-refractivity contribution in [1.82, 2.24) is 5.32 Å². The number of hydrogen-bond acceptors (Lipinski definition) is 1. The van der Waals surface area contributed by atoms with Gasteiger partial charge in [-0.25, -0.2) is 0 Å². The molecule has 0 aromatic heterocycles. The van der Waals surface area contributed by atoms with Gasteiger partial charge in [-0.05, 0) is 42.7 Å². The van der Waals surface area contributed by atoms with E-state index in [1.807, 2.05) is 24.3 Å². The van der Waals surface area contributed by atoms with Crippen LogP contribution in [-0.2, 0) is 11.9 Å². The molecule has 104 valence electrons. The molecular weight excluding hydrogens is 314 g/mol. The summed E-state index contributed by atoms with van der Waals surface area (Å²) in [6, 6.07) is 13.9. The molecule has 0 aliphatic heterocycles. The predicted octanol–water partition coefficient (Wildman–Crippen LogP) is 4.13. The number of benzene rings is 2. The lowest BCUT2D eigenvalue weighted by Crippen LogP contribution is -2.23. The van der Waals surface area contributed by atoms with Crippen LogP contribution in [0.2, 0.25) is 0 Å². The van der Waals surface area contributed by atoms with Crippen molar-refractivity contribution in [2.45, 2.75) is 25.7 Å². The Morgan fingerprint density at radius 3 is 2.40 bits per heavy atom. The minimum Gasteiger partial charge on any atom is -0.348 e. The van der Waals surface area contributed by atoms with Crippen molar-refractivity contribution in [3.05, 3.63) is 70.3 Å². The summed E-state index contributed by atoms with van der Waals surface area (Å²) in [7, 11) is 0. The number of alkyl halides is 1. The molecule has 0 atom stereocenters. The normalized spacial score (nSPS) is 10.3. The minimum atomic E-state index is -0.0360. The van der Waals surface area contributed by atoms with Gasteiger partial charge in [0.2, 0.25) is 0 Å². The van der Waals surface area contributed by atoms with Gasteiger partial charge in [-0.1, -0.05) is 51.8 Å². The van der Waals surface area contributed by atoms with Crippen molar-refractivity contribution >= 4 is 21.8 Å². The highest BCUT2D eigenvalue weighted by molar-refractivity contribution is 9.08. The van der Waals surface area contributed by atoms with E-state index in [0.717, 1.165) is 16.5 Å². The third kappa shape index (κ3) is 3.70. The number of carbonyl (C=O) groups excluding carboxylic acids is 1. The fourth-order valence-electron chi connectivity index (χ4n) is 2.07. The van der Waals surface area contributed by atoms with Crippen molar-refractivity contribution in [2.24, 2.45) is 0 Å². The molecule has 2 nitrogen and oxygen atoms in total. The fraction of sp³-hybridized carbons (Fsp3) is 0.235. The molecule has 0 bridgehead atoms. The number of carbonyl (C=O) groups is 1. The maximum atomic E-state index is 12.1. The second-order valence-electron chi connectivity index (χ2n) is 4.94. The van der Waals surface area contributed by atoms with Gasteiger partial charge in [0.1, 0.15) is 0 Å². The third-order valence-corrected chi connectivity index (χ3v) is 3.96. The largest absolute Gasteiger partial charge is 0.348 e. The zero-order chi connectivity index (χ0) is 14.5. The Kier molecular flexibility index (Phi) is 4.96. The fourth-order valence-corrected chi connectivity index (χ4v) is 2.44. The Balaban J connectivity index is 2.00. The van der Waals surface area contributed by atoms with Crippen LogP contribution >= 0.6 is 15.9 Å². The summed E-state index contributed by atoms with van der Waals surface area (Å²) in [5, 5.41) is 3.77. The monoisotopic (exact) mass is 331 g/mol. The molecule has 2 aromatic rings. The van der Waals surface area contributed by atoms with Gasteiger partial charge >= 0.3 is 0 Å². The summed E-state index contributed by atoms with van der Waals surface area (Å²) in [5.74, 6) is -0.0360. The van der Waals surface area contributed by atoms with E-state index >= 15 is 0 Å². The van der Waals surface area contributed by atoms with Crippen molar-refractivity contribution in [3.63, 3.8) is 0 Å². The number of hydrogen-bond donors (Lipinski definition) is 1. The van der Waals surface area contributed by atoms with Crippen molar-refractivity contribution in [1.29, 1.82) is 0 Å². The number of amides is 1. The number of nitrogens with one attached hydrogen (secondary N) is 1. The first-order chi connectivity index (χ1) is 9.60. The molecule has 3 heteroatoms. The van der Waals surface area contributed by atoms with E-state index in [1.54, 1.807) is 0 Å². The maximum absolute atomic E-state index is 12.1. The van der Waals surface area contributed by atoms with E-state index in [1.165, 1.54) is 11.1 Å². The topological polar surface area (TPSA) is 29.1 Å². The summed E-state index contributed by atoms with van der Waals surface area (Å²) in [6.07, 6.45) is 0. The van der Waals surface area contributed by atoms with E-state index in [0.29, 0.717) is 12.1 Å². The van der Waals surface area contributed by atoms with Gasteiger partial charge in [0.15, 0.2) is 0 Å². The zero-order valence-electron chi connectivity index (χ0n) is 11.7. The Bertz CT molecular complexity index is 605. The Labute approximate surface area is 128 Å². The molecule has 0 radical (unpaired) electrons. The molecule has 0 unspecified atom stereocenters. The summed E-state index contributed by atoms with van der Waals surface area (Å²) in [6.45, 7) is 4.70. The van der Waals surface area contributed by atoms with Crippen LogP contribution in [0.25, 0.3) is 0 Å². The molecule has 0 saturated carbocycles. The molecule has 2 rings (SSSR count). The van der Waals surface area contributed by atoms with Crippen LogP contribution in [0.1, 0.15) is 32.6 Å². The van der Waals surface area contributed by atoms with E-state index in [-0.39, 0.29) is 5.91 Å². The van der Waals surface area contributed by atoms with Gasteiger partial charge < -0.3 is 5.32 Å². The predicted molar refractivity (Wildman–Crippen MR) is 86.2 cm³/mol. The summed E-state index contributed by atoms with van der Waals surface area (Å²) >= 11 is 3.39. The van der Waals surface area contributed by atoms with Crippen LogP contribution in [0.5, 0.6) is 0 Å². The molecule has 0 spiro atoms. The van der Waals surface area contributed by atoms with Crippen LogP contribution in [0.15, 0.2) is 42.5 Å². The highest BCUT2D eigenvalue weighted by Crippen LogP contribution is 2.11. The summed E-state index contributed by atoms with van der Waals surface area (Å²) in [5.41, 5.74) is 5.46. The van der Waals surface area contributed by atoms with Crippen molar-refractivity contribution < 1.29 is 4.79 Å². The van der Waals surface area contributed by atoms with E-state index in [2.05, 4.69) is 53.3 Å². The molecule has 20 heavy (non-hydrogen) atoms. The van der Waals surface area contributed by atoms with Gasteiger partial charge in [-0.3, -0.25) is 4.79 Å². The van der Waals surface area contributed by atoms with Gasteiger partial charge in [-0.15, -0.1) is 0 Å². The first-order valence-electron chi connectivity index (χ1n) is 6.59. The Morgan fingerprint density at radius 2 is 1.80 bits per heavy atom.